The molecule has 0 saturated carbocycles. The lowest BCUT2D eigenvalue weighted by molar-refractivity contribution is -0.0636. The SMILES string of the molecule is O=C(O)c1cc(S(=O)(=O)C(F)(F)C(F)F)c(-c2ccc(Cl)cc2)[nH]1. The van der Waals surface area contributed by atoms with Crippen molar-refractivity contribution >= 4 is 27.4 Å². The number of hydrogen-bond donors (Lipinski definition) is 2. The third kappa shape index (κ3) is 2.98. The summed E-state index contributed by atoms with van der Waals surface area (Å²) in [4.78, 5) is 11.9. The minimum atomic E-state index is -5.85. The lowest BCUT2D eigenvalue weighted by atomic mass is 10.2. The minimum absolute atomic E-state index is 0.0180. The predicted molar refractivity (Wildman–Crippen MR) is 76.3 cm³/mol. The maximum atomic E-state index is 13.5. The quantitative estimate of drug-likeness (QED) is 0.769. The van der Waals surface area contributed by atoms with Crippen molar-refractivity contribution in [3.8, 4) is 11.3 Å². The van der Waals surface area contributed by atoms with Gasteiger partial charge in [-0.2, -0.15) is 8.78 Å². The monoisotopic (exact) mass is 385 g/mol. The Balaban J connectivity index is 2.74. The average molecular weight is 386 g/mol. The number of H-pyrrole nitrogens is 1. The fourth-order valence-electron chi connectivity index (χ4n) is 1.86. The van der Waals surface area contributed by atoms with E-state index in [1.54, 1.807) is 0 Å². The summed E-state index contributed by atoms with van der Waals surface area (Å²) in [6.45, 7) is 0. The number of sulfone groups is 1. The second kappa shape index (κ2) is 6.10. The van der Waals surface area contributed by atoms with Gasteiger partial charge in [-0.05, 0) is 23.8 Å². The summed E-state index contributed by atoms with van der Waals surface area (Å²) < 4.78 is 75.7. The molecule has 0 fully saturated rings. The number of benzene rings is 1. The number of aromatic amines is 1. The normalized spacial score (nSPS) is 12.6. The molecule has 0 spiro atoms. The van der Waals surface area contributed by atoms with Crippen LogP contribution >= 0.6 is 11.6 Å². The number of carboxylic acid groups (broad SMARTS) is 1. The molecule has 0 bridgehead atoms. The van der Waals surface area contributed by atoms with Crippen LogP contribution in [0.15, 0.2) is 35.2 Å². The summed E-state index contributed by atoms with van der Waals surface area (Å²) in [5.74, 6) is -1.65. The summed E-state index contributed by atoms with van der Waals surface area (Å²) in [6.07, 6.45) is -4.48. The number of carboxylic acids is 1. The van der Waals surface area contributed by atoms with Gasteiger partial charge in [-0.1, -0.05) is 23.7 Å². The Morgan fingerprint density at radius 2 is 1.75 bits per heavy atom. The van der Waals surface area contributed by atoms with Gasteiger partial charge < -0.3 is 10.1 Å². The number of carbonyl (C=O) groups is 1. The van der Waals surface area contributed by atoms with Gasteiger partial charge in [-0.3, -0.25) is 0 Å². The van der Waals surface area contributed by atoms with Crippen molar-refractivity contribution in [3.63, 3.8) is 0 Å². The third-order valence-electron chi connectivity index (χ3n) is 3.05. The van der Waals surface area contributed by atoms with Crippen molar-refractivity contribution in [2.45, 2.75) is 16.6 Å². The van der Waals surface area contributed by atoms with Gasteiger partial charge in [-0.25, -0.2) is 22.0 Å². The van der Waals surface area contributed by atoms with E-state index in [9.17, 15) is 30.8 Å². The molecule has 0 aliphatic carbocycles. The number of halogens is 5. The van der Waals surface area contributed by atoms with E-state index in [-0.39, 0.29) is 10.6 Å². The zero-order valence-electron chi connectivity index (χ0n) is 11.4. The van der Waals surface area contributed by atoms with Crippen molar-refractivity contribution in [1.82, 2.24) is 4.98 Å². The van der Waals surface area contributed by atoms with Crippen LogP contribution in [-0.2, 0) is 9.84 Å². The molecule has 2 aromatic rings. The van der Waals surface area contributed by atoms with Gasteiger partial charge in [-0.15, -0.1) is 0 Å². The zero-order chi connectivity index (χ0) is 18.3. The highest BCUT2D eigenvalue weighted by atomic mass is 35.5. The molecule has 5 nitrogen and oxygen atoms in total. The molecule has 24 heavy (non-hydrogen) atoms. The van der Waals surface area contributed by atoms with E-state index < -0.39 is 43.8 Å². The van der Waals surface area contributed by atoms with Crippen molar-refractivity contribution < 1.29 is 35.9 Å². The zero-order valence-corrected chi connectivity index (χ0v) is 13.0. The highest BCUT2D eigenvalue weighted by molar-refractivity contribution is 7.92. The molecule has 0 atom stereocenters. The van der Waals surface area contributed by atoms with Crippen LogP contribution in [0.1, 0.15) is 10.5 Å². The summed E-state index contributed by atoms with van der Waals surface area (Å²) in [6, 6.07) is 5.40. The molecule has 2 rings (SSSR count). The number of aromatic carboxylic acids is 1. The van der Waals surface area contributed by atoms with Crippen LogP contribution in [0.5, 0.6) is 0 Å². The number of aromatic nitrogens is 1. The number of alkyl halides is 4. The maximum absolute atomic E-state index is 13.5. The molecule has 1 heterocycles. The Morgan fingerprint density at radius 1 is 1.21 bits per heavy atom. The average Bonchev–Trinajstić information content (AvgIpc) is 2.93. The van der Waals surface area contributed by atoms with Gasteiger partial charge in [0.15, 0.2) is 0 Å². The molecule has 11 heteroatoms. The Bertz CT molecular complexity index is 878. The lowest BCUT2D eigenvalue weighted by Crippen LogP contribution is -2.36. The molecular formula is C13H8ClF4NO4S. The van der Waals surface area contributed by atoms with Crippen molar-refractivity contribution in [2.24, 2.45) is 0 Å². The van der Waals surface area contributed by atoms with Gasteiger partial charge in [0.25, 0.3) is 9.84 Å². The van der Waals surface area contributed by atoms with Crippen LogP contribution in [0.4, 0.5) is 17.6 Å². The predicted octanol–water partition coefficient (Wildman–Crippen LogP) is 3.66. The standard InChI is InChI=1S/C13H8ClF4NO4S/c14-7-3-1-6(2-4-7)10-9(5-8(19-10)11(20)21)24(22,23)13(17,18)12(15)16/h1-5,12,19H,(H,20,21). The Labute approximate surface area is 137 Å². The topological polar surface area (TPSA) is 87.2 Å². The van der Waals surface area contributed by atoms with Crippen LogP contribution in [0.2, 0.25) is 5.02 Å². The Morgan fingerprint density at radius 3 is 2.21 bits per heavy atom. The van der Waals surface area contributed by atoms with Gasteiger partial charge in [0.1, 0.15) is 5.69 Å². The minimum Gasteiger partial charge on any atom is -0.477 e. The summed E-state index contributed by atoms with van der Waals surface area (Å²) in [7, 11) is -5.85. The Hall–Kier alpha value is -2.07. The highest BCUT2D eigenvalue weighted by Gasteiger charge is 2.56. The fraction of sp³-hybridized carbons (Fsp3) is 0.154. The maximum Gasteiger partial charge on any atom is 0.408 e. The van der Waals surface area contributed by atoms with E-state index >= 15 is 0 Å². The van der Waals surface area contributed by atoms with Crippen LogP contribution in [0.25, 0.3) is 11.3 Å². The highest BCUT2D eigenvalue weighted by Crippen LogP contribution is 2.39. The van der Waals surface area contributed by atoms with Gasteiger partial charge >= 0.3 is 17.6 Å². The molecule has 0 unspecified atom stereocenters. The molecule has 1 aromatic carbocycles. The van der Waals surface area contributed by atoms with E-state index in [1.807, 2.05) is 0 Å². The van der Waals surface area contributed by atoms with E-state index in [1.165, 1.54) is 24.3 Å². The van der Waals surface area contributed by atoms with E-state index in [0.29, 0.717) is 6.07 Å². The van der Waals surface area contributed by atoms with E-state index in [2.05, 4.69) is 4.98 Å². The largest absolute Gasteiger partial charge is 0.477 e. The number of nitrogens with one attached hydrogen (secondary N) is 1. The van der Waals surface area contributed by atoms with Gasteiger partial charge in [0, 0.05) is 5.02 Å². The first kappa shape index (κ1) is 18.3. The van der Waals surface area contributed by atoms with Crippen molar-refractivity contribution in [1.29, 1.82) is 0 Å². The van der Waals surface area contributed by atoms with Gasteiger partial charge in [0.2, 0.25) is 0 Å². The van der Waals surface area contributed by atoms with Crippen molar-refractivity contribution in [2.75, 3.05) is 0 Å². The molecule has 2 N–H and O–H groups in total. The van der Waals surface area contributed by atoms with Crippen LogP contribution < -0.4 is 0 Å². The Kier molecular flexibility index (Phi) is 4.64. The molecule has 0 amide bonds. The van der Waals surface area contributed by atoms with Gasteiger partial charge in [0.05, 0.1) is 10.6 Å². The number of hydrogen-bond acceptors (Lipinski definition) is 3. The lowest BCUT2D eigenvalue weighted by Gasteiger charge is -2.16. The first-order valence-corrected chi connectivity index (χ1v) is 7.97. The second-order valence-corrected chi connectivity index (χ2v) is 7.03. The first-order valence-electron chi connectivity index (χ1n) is 6.11. The smallest absolute Gasteiger partial charge is 0.408 e. The van der Waals surface area contributed by atoms with Crippen LogP contribution in [0, 0.1) is 0 Å². The second-order valence-electron chi connectivity index (χ2n) is 4.60. The number of rotatable bonds is 5. The first-order chi connectivity index (χ1) is 11.0. The van der Waals surface area contributed by atoms with Crippen molar-refractivity contribution in [3.05, 3.63) is 41.0 Å². The van der Waals surface area contributed by atoms with Crippen LogP contribution in [-0.4, -0.2) is 36.2 Å². The molecule has 0 aliphatic rings. The van der Waals surface area contributed by atoms with E-state index in [0.717, 1.165) is 0 Å². The molecule has 0 radical (unpaired) electrons. The summed E-state index contributed by atoms with van der Waals surface area (Å²) in [5.41, 5.74) is -1.32. The summed E-state index contributed by atoms with van der Waals surface area (Å²) in [5, 5.41) is 3.77. The summed E-state index contributed by atoms with van der Waals surface area (Å²) >= 11 is 5.66. The third-order valence-corrected chi connectivity index (χ3v) is 5.09. The van der Waals surface area contributed by atoms with E-state index in [4.69, 9.17) is 16.7 Å². The molecular weight excluding hydrogens is 378 g/mol. The molecule has 0 saturated heterocycles. The molecule has 1 aromatic heterocycles. The van der Waals surface area contributed by atoms with Crippen LogP contribution in [0.3, 0.4) is 0 Å². The fourth-order valence-corrected chi connectivity index (χ4v) is 3.22. The molecule has 130 valence electrons. The molecule has 0 aliphatic heterocycles.